The van der Waals surface area contributed by atoms with E-state index in [0.29, 0.717) is 30.4 Å². The number of carbonyl (C=O) groups is 2. The standard InChI is InChI=1S/C18H26N6O3/c1-12-6-7-15(21-14(3)25)10-16(12)22-18(26)20-13(2)17-23-19-11-24(17)8-5-9-27-4/h6-7,10-11,13H,5,8-9H2,1-4H3,(H,21,25)(H2,20,22,26)/t13-/m1/s1. The van der Waals surface area contributed by atoms with E-state index in [1.165, 1.54) is 6.92 Å². The fraction of sp³-hybridized carbons (Fsp3) is 0.444. The summed E-state index contributed by atoms with van der Waals surface area (Å²) in [5, 5.41) is 16.4. The number of nitrogens with zero attached hydrogens (tertiary/aromatic N) is 3. The lowest BCUT2D eigenvalue weighted by molar-refractivity contribution is -0.114. The van der Waals surface area contributed by atoms with Crippen LogP contribution in [0, 0.1) is 6.92 Å². The Labute approximate surface area is 158 Å². The summed E-state index contributed by atoms with van der Waals surface area (Å²) < 4.78 is 6.95. The quantitative estimate of drug-likeness (QED) is 0.615. The lowest BCUT2D eigenvalue weighted by atomic mass is 10.2. The Morgan fingerprint density at radius 1 is 1.30 bits per heavy atom. The molecule has 0 radical (unpaired) electrons. The molecule has 1 aromatic carbocycles. The fourth-order valence-electron chi connectivity index (χ4n) is 2.61. The minimum Gasteiger partial charge on any atom is -0.385 e. The van der Waals surface area contributed by atoms with Gasteiger partial charge in [0.1, 0.15) is 6.33 Å². The lowest BCUT2D eigenvalue weighted by Gasteiger charge is -2.16. The van der Waals surface area contributed by atoms with E-state index >= 15 is 0 Å². The Morgan fingerprint density at radius 3 is 2.78 bits per heavy atom. The maximum Gasteiger partial charge on any atom is 0.319 e. The summed E-state index contributed by atoms with van der Waals surface area (Å²) in [6.45, 7) is 6.51. The van der Waals surface area contributed by atoms with Crippen molar-refractivity contribution in [2.45, 2.75) is 39.8 Å². The number of nitrogens with one attached hydrogen (secondary N) is 3. The van der Waals surface area contributed by atoms with Crippen LogP contribution >= 0.6 is 0 Å². The van der Waals surface area contributed by atoms with Gasteiger partial charge in [-0.25, -0.2) is 4.79 Å². The third-order valence-corrected chi connectivity index (χ3v) is 3.93. The minimum atomic E-state index is -0.364. The summed E-state index contributed by atoms with van der Waals surface area (Å²) in [6.07, 6.45) is 2.47. The Bertz CT molecular complexity index is 789. The van der Waals surface area contributed by atoms with Gasteiger partial charge in [0.15, 0.2) is 5.82 Å². The third-order valence-electron chi connectivity index (χ3n) is 3.93. The zero-order valence-electron chi connectivity index (χ0n) is 16.1. The highest BCUT2D eigenvalue weighted by Gasteiger charge is 2.16. The predicted molar refractivity (Wildman–Crippen MR) is 103 cm³/mol. The number of rotatable bonds is 8. The zero-order valence-corrected chi connectivity index (χ0v) is 16.1. The van der Waals surface area contributed by atoms with Crippen LogP contribution in [0.25, 0.3) is 0 Å². The number of carbonyl (C=O) groups excluding carboxylic acids is 2. The molecule has 0 fully saturated rings. The van der Waals surface area contributed by atoms with E-state index in [4.69, 9.17) is 4.74 Å². The molecule has 0 saturated carbocycles. The molecule has 3 amide bonds. The molecule has 0 saturated heterocycles. The minimum absolute atomic E-state index is 0.171. The first-order valence-corrected chi connectivity index (χ1v) is 8.73. The number of hydrogen-bond donors (Lipinski definition) is 3. The zero-order chi connectivity index (χ0) is 19.8. The monoisotopic (exact) mass is 374 g/mol. The molecule has 27 heavy (non-hydrogen) atoms. The summed E-state index contributed by atoms with van der Waals surface area (Å²) in [4.78, 5) is 23.6. The van der Waals surface area contributed by atoms with Crippen LogP contribution in [0.15, 0.2) is 24.5 Å². The van der Waals surface area contributed by atoms with E-state index < -0.39 is 0 Å². The normalized spacial score (nSPS) is 11.7. The molecular formula is C18H26N6O3. The summed E-state index contributed by atoms with van der Waals surface area (Å²) >= 11 is 0. The number of hydrogen-bond acceptors (Lipinski definition) is 5. The molecule has 2 aromatic rings. The number of methoxy groups -OCH3 is 1. The van der Waals surface area contributed by atoms with E-state index in [0.717, 1.165) is 12.0 Å². The van der Waals surface area contributed by atoms with Crippen LogP contribution in [0.1, 0.15) is 37.7 Å². The van der Waals surface area contributed by atoms with Gasteiger partial charge in [-0.1, -0.05) is 6.07 Å². The van der Waals surface area contributed by atoms with Crippen LogP contribution in [0.3, 0.4) is 0 Å². The van der Waals surface area contributed by atoms with Gasteiger partial charge < -0.3 is 25.3 Å². The first kappa shape index (κ1) is 20.4. The van der Waals surface area contributed by atoms with Gasteiger partial charge in [-0.2, -0.15) is 0 Å². The van der Waals surface area contributed by atoms with Gasteiger partial charge in [0, 0.05) is 38.6 Å². The summed E-state index contributed by atoms with van der Waals surface area (Å²) in [5.74, 6) is 0.501. The second kappa shape index (κ2) is 9.67. The van der Waals surface area contributed by atoms with Crippen LogP contribution in [0.4, 0.5) is 16.2 Å². The molecule has 146 valence electrons. The maximum atomic E-state index is 12.4. The van der Waals surface area contributed by atoms with Crippen molar-refractivity contribution in [3.05, 3.63) is 35.9 Å². The van der Waals surface area contributed by atoms with Crippen molar-refractivity contribution in [1.29, 1.82) is 0 Å². The first-order valence-electron chi connectivity index (χ1n) is 8.73. The summed E-state index contributed by atoms with van der Waals surface area (Å²) in [7, 11) is 1.66. The Balaban J connectivity index is 1.99. The molecule has 9 nitrogen and oxygen atoms in total. The highest BCUT2D eigenvalue weighted by atomic mass is 16.5. The van der Waals surface area contributed by atoms with Gasteiger partial charge in [0.25, 0.3) is 0 Å². The molecule has 0 bridgehead atoms. The van der Waals surface area contributed by atoms with Crippen molar-refractivity contribution >= 4 is 23.3 Å². The van der Waals surface area contributed by atoms with Crippen molar-refractivity contribution in [3.63, 3.8) is 0 Å². The average Bonchev–Trinajstić information content (AvgIpc) is 3.06. The lowest BCUT2D eigenvalue weighted by Crippen LogP contribution is -2.33. The van der Waals surface area contributed by atoms with Crippen LogP contribution in [-0.4, -0.2) is 40.4 Å². The molecular weight excluding hydrogens is 348 g/mol. The molecule has 9 heteroatoms. The highest BCUT2D eigenvalue weighted by Crippen LogP contribution is 2.20. The first-order chi connectivity index (χ1) is 12.9. The van der Waals surface area contributed by atoms with E-state index in [1.54, 1.807) is 25.6 Å². The molecule has 0 aliphatic carbocycles. The molecule has 0 aliphatic rings. The van der Waals surface area contributed by atoms with E-state index in [-0.39, 0.29) is 18.0 Å². The van der Waals surface area contributed by atoms with Gasteiger partial charge in [0.2, 0.25) is 5.91 Å². The van der Waals surface area contributed by atoms with Crippen molar-refractivity contribution in [2.24, 2.45) is 0 Å². The van der Waals surface area contributed by atoms with Gasteiger partial charge in [-0.3, -0.25) is 4.79 Å². The van der Waals surface area contributed by atoms with Crippen LogP contribution in [-0.2, 0) is 16.1 Å². The van der Waals surface area contributed by atoms with Crippen molar-refractivity contribution in [1.82, 2.24) is 20.1 Å². The highest BCUT2D eigenvalue weighted by molar-refractivity contribution is 5.93. The van der Waals surface area contributed by atoms with Gasteiger partial charge >= 0.3 is 6.03 Å². The number of urea groups is 1. The van der Waals surface area contributed by atoms with Crippen molar-refractivity contribution in [3.8, 4) is 0 Å². The Kier molecular flexibility index (Phi) is 7.30. The fourth-order valence-corrected chi connectivity index (χ4v) is 2.61. The average molecular weight is 374 g/mol. The second-order valence-corrected chi connectivity index (χ2v) is 6.26. The van der Waals surface area contributed by atoms with Gasteiger partial charge in [0.05, 0.1) is 6.04 Å². The topological polar surface area (TPSA) is 110 Å². The van der Waals surface area contributed by atoms with E-state index in [1.807, 2.05) is 24.5 Å². The molecule has 1 atom stereocenters. The van der Waals surface area contributed by atoms with E-state index in [2.05, 4.69) is 26.1 Å². The molecule has 2 rings (SSSR count). The number of aryl methyl sites for hydroxylation is 2. The molecule has 1 heterocycles. The van der Waals surface area contributed by atoms with Crippen molar-refractivity contribution < 1.29 is 14.3 Å². The number of aromatic nitrogens is 3. The molecule has 0 spiro atoms. The number of amides is 3. The smallest absolute Gasteiger partial charge is 0.319 e. The molecule has 3 N–H and O–H groups in total. The Morgan fingerprint density at radius 2 is 2.07 bits per heavy atom. The molecule has 0 aliphatic heterocycles. The SMILES string of the molecule is COCCCn1cnnc1[C@@H](C)NC(=O)Nc1cc(NC(C)=O)ccc1C. The van der Waals surface area contributed by atoms with Crippen LogP contribution in [0.5, 0.6) is 0 Å². The van der Waals surface area contributed by atoms with Crippen LogP contribution < -0.4 is 16.0 Å². The third kappa shape index (κ3) is 6.07. The summed E-state index contributed by atoms with van der Waals surface area (Å²) in [6, 6.07) is 4.64. The van der Waals surface area contributed by atoms with Gasteiger partial charge in [-0.05, 0) is 38.0 Å². The number of ether oxygens (including phenoxy) is 1. The molecule has 0 unspecified atom stereocenters. The predicted octanol–water partition coefficient (Wildman–Crippen LogP) is 2.46. The largest absolute Gasteiger partial charge is 0.385 e. The summed E-state index contributed by atoms with van der Waals surface area (Å²) in [5.41, 5.74) is 2.12. The van der Waals surface area contributed by atoms with E-state index in [9.17, 15) is 9.59 Å². The van der Waals surface area contributed by atoms with Crippen LogP contribution in [0.2, 0.25) is 0 Å². The number of anilines is 2. The molecule has 1 aromatic heterocycles. The second-order valence-electron chi connectivity index (χ2n) is 6.26. The maximum absolute atomic E-state index is 12.4. The van der Waals surface area contributed by atoms with Gasteiger partial charge in [-0.15, -0.1) is 10.2 Å². The Hall–Kier alpha value is -2.94. The number of benzene rings is 1. The van der Waals surface area contributed by atoms with Crippen molar-refractivity contribution in [2.75, 3.05) is 24.4 Å².